The molecule has 4 heterocycles. The van der Waals surface area contributed by atoms with E-state index in [2.05, 4.69) is 21.6 Å². The third-order valence-electron chi connectivity index (χ3n) is 4.13. The highest BCUT2D eigenvalue weighted by Crippen LogP contribution is 2.18. The van der Waals surface area contributed by atoms with Gasteiger partial charge in [0, 0.05) is 12.3 Å². The Morgan fingerprint density at radius 1 is 1.38 bits per heavy atom. The van der Waals surface area contributed by atoms with E-state index >= 15 is 0 Å². The van der Waals surface area contributed by atoms with E-state index in [1.807, 2.05) is 6.26 Å². The zero-order valence-corrected chi connectivity index (χ0v) is 14.8. The van der Waals surface area contributed by atoms with Crippen LogP contribution in [0.2, 0.25) is 0 Å². The van der Waals surface area contributed by atoms with Crippen LogP contribution >= 0.6 is 11.8 Å². The fraction of sp³-hybridized carbons (Fsp3) is 0.312. The van der Waals surface area contributed by atoms with Crippen molar-refractivity contribution in [3.63, 3.8) is 0 Å². The van der Waals surface area contributed by atoms with Crippen LogP contribution in [-0.2, 0) is 11.3 Å². The van der Waals surface area contributed by atoms with Gasteiger partial charge in [-0.05, 0) is 12.3 Å². The molecule has 3 aromatic rings. The van der Waals surface area contributed by atoms with E-state index < -0.39 is 0 Å². The Morgan fingerprint density at radius 3 is 2.85 bits per heavy atom. The van der Waals surface area contributed by atoms with Crippen molar-refractivity contribution in [1.82, 2.24) is 29.1 Å². The number of ether oxygens (including phenoxy) is 1. The highest BCUT2D eigenvalue weighted by molar-refractivity contribution is 7.98. The fourth-order valence-electron chi connectivity index (χ4n) is 2.79. The number of rotatable bonds is 5. The molecular formula is C16H16N6O3S. The highest BCUT2D eigenvalue weighted by Gasteiger charge is 2.24. The summed E-state index contributed by atoms with van der Waals surface area (Å²) in [5, 5.41) is 5.38. The molecule has 1 saturated heterocycles. The van der Waals surface area contributed by atoms with E-state index in [0.717, 1.165) is 0 Å². The summed E-state index contributed by atoms with van der Waals surface area (Å²) in [6, 6.07) is 2.92. The van der Waals surface area contributed by atoms with E-state index in [9.17, 15) is 9.59 Å². The van der Waals surface area contributed by atoms with Gasteiger partial charge in [-0.1, -0.05) is 17.8 Å². The second-order valence-electron chi connectivity index (χ2n) is 5.75. The molecule has 0 bridgehead atoms. The minimum atomic E-state index is -0.237. The minimum absolute atomic E-state index is 0.0970. The molecule has 1 fully saturated rings. The summed E-state index contributed by atoms with van der Waals surface area (Å²) in [5.41, 5.74) is -0.00611. The van der Waals surface area contributed by atoms with Gasteiger partial charge in [0.15, 0.2) is 16.6 Å². The van der Waals surface area contributed by atoms with E-state index in [0.29, 0.717) is 35.2 Å². The van der Waals surface area contributed by atoms with Crippen LogP contribution in [0.25, 0.3) is 16.9 Å². The van der Waals surface area contributed by atoms with Crippen molar-refractivity contribution in [2.45, 2.75) is 17.7 Å². The molecule has 0 aliphatic carbocycles. The molecule has 0 atom stereocenters. The van der Waals surface area contributed by atoms with Gasteiger partial charge < -0.3 is 4.74 Å². The second-order valence-corrected chi connectivity index (χ2v) is 6.52. The van der Waals surface area contributed by atoms with Crippen molar-refractivity contribution in [3.05, 3.63) is 51.7 Å². The lowest BCUT2D eigenvalue weighted by atomic mass is 10.2. The van der Waals surface area contributed by atoms with Crippen LogP contribution in [0.1, 0.15) is 6.04 Å². The SMILES string of the molecule is C=CCn1c(=O)c2cnc(SC)nc2n1-c1ccc(=O)n(C2COC2)n1. The molecule has 0 amide bonds. The third kappa shape index (κ3) is 2.58. The van der Waals surface area contributed by atoms with Crippen LogP contribution in [0.3, 0.4) is 0 Å². The van der Waals surface area contributed by atoms with Gasteiger partial charge in [-0.15, -0.1) is 11.7 Å². The zero-order chi connectivity index (χ0) is 18.3. The first-order chi connectivity index (χ1) is 12.6. The Balaban J connectivity index is 2.00. The summed E-state index contributed by atoms with van der Waals surface area (Å²) in [4.78, 5) is 33.6. The highest BCUT2D eigenvalue weighted by atomic mass is 32.2. The van der Waals surface area contributed by atoms with Gasteiger partial charge in [0.2, 0.25) is 0 Å². The molecule has 0 N–H and O–H groups in total. The first kappa shape index (κ1) is 16.7. The van der Waals surface area contributed by atoms with Crippen molar-refractivity contribution < 1.29 is 4.74 Å². The molecule has 10 heteroatoms. The van der Waals surface area contributed by atoms with Crippen molar-refractivity contribution in [2.75, 3.05) is 19.5 Å². The minimum Gasteiger partial charge on any atom is -0.377 e. The molecule has 1 aliphatic rings. The third-order valence-corrected chi connectivity index (χ3v) is 4.69. The Morgan fingerprint density at radius 2 is 2.19 bits per heavy atom. The summed E-state index contributed by atoms with van der Waals surface area (Å²) < 4.78 is 9.64. The van der Waals surface area contributed by atoms with Gasteiger partial charge in [0.1, 0.15) is 11.4 Å². The average Bonchev–Trinajstić information content (AvgIpc) is 2.87. The molecule has 0 radical (unpaired) electrons. The lowest BCUT2D eigenvalue weighted by Crippen LogP contribution is -2.39. The molecule has 3 aromatic heterocycles. The van der Waals surface area contributed by atoms with Crippen molar-refractivity contribution in [2.24, 2.45) is 0 Å². The topological polar surface area (TPSA) is 96.8 Å². The number of fused-ring (bicyclic) bond motifs is 1. The Kier molecular flexibility index (Phi) is 4.21. The number of allylic oxidation sites excluding steroid dienone is 1. The van der Waals surface area contributed by atoms with Crippen LogP contribution < -0.4 is 11.1 Å². The molecule has 9 nitrogen and oxygen atoms in total. The van der Waals surface area contributed by atoms with Gasteiger partial charge in [-0.3, -0.25) is 9.59 Å². The van der Waals surface area contributed by atoms with E-state index in [1.54, 1.807) is 16.8 Å². The molecular weight excluding hydrogens is 356 g/mol. The van der Waals surface area contributed by atoms with Crippen LogP contribution in [0.4, 0.5) is 0 Å². The molecule has 0 unspecified atom stereocenters. The lowest BCUT2D eigenvalue weighted by Gasteiger charge is -2.27. The fourth-order valence-corrected chi connectivity index (χ4v) is 3.12. The Bertz CT molecular complexity index is 1110. The molecule has 134 valence electrons. The van der Waals surface area contributed by atoms with E-state index in [4.69, 9.17) is 4.74 Å². The molecule has 0 aromatic carbocycles. The predicted octanol–water partition coefficient (Wildman–Crippen LogP) is 0.618. The standard InChI is InChI=1S/C16H16N6O3S/c1-3-6-20-15(24)11-7-17-16(26-2)18-14(11)22(20)12-4-5-13(23)21(19-12)10-8-25-9-10/h3-5,7,10H,1,6,8-9H2,2H3. The smallest absolute Gasteiger partial charge is 0.278 e. The summed E-state index contributed by atoms with van der Waals surface area (Å²) in [5.74, 6) is 0.427. The van der Waals surface area contributed by atoms with Crippen LogP contribution in [0.15, 0.2) is 45.7 Å². The van der Waals surface area contributed by atoms with Gasteiger partial charge in [0.25, 0.3) is 11.1 Å². The summed E-state index contributed by atoms with van der Waals surface area (Å²) in [6.45, 7) is 4.88. The van der Waals surface area contributed by atoms with Crippen LogP contribution in [-0.4, -0.2) is 48.6 Å². The van der Waals surface area contributed by atoms with Gasteiger partial charge >= 0.3 is 0 Å². The molecule has 1 aliphatic heterocycles. The molecule has 0 saturated carbocycles. The van der Waals surface area contributed by atoms with Crippen molar-refractivity contribution in [1.29, 1.82) is 0 Å². The Labute approximate surface area is 151 Å². The average molecular weight is 372 g/mol. The quantitative estimate of drug-likeness (QED) is 0.368. The van der Waals surface area contributed by atoms with Gasteiger partial charge in [-0.2, -0.15) is 0 Å². The molecule has 4 rings (SSSR count). The van der Waals surface area contributed by atoms with Gasteiger partial charge in [-0.25, -0.2) is 24.0 Å². The number of thioether (sulfide) groups is 1. The Hall–Kier alpha value is -2.72. The summed E-state index contributed by atoms with van der Waals surface area (Å²) in [7, 11) is 0. The molecule has 0 spiro atoms. The van der Waals surface area contributed by atoms with Gasteiger partial charge in [0.05, 0.1) is 19.8 Å². The van der Waals surface area contributed by atoms with Crippen LogP contribution in [0.5, 0.6) is 0 Å². The maximum Gasteiger partial charge on any atom is 0.278 e. The number of hydrogen-bond donors (Lipinski definition) is 0. The van der Waals surface area contributed by atoms with Crippen molar-refractivity contribution >= 4 is 22.8 Å². The largest absolute Gasteiger partial charge is 0.377 e. The lowest BCUT2D eigenvalue weighted by molar-refractivity contribution is -0.0308. The maximum atomic E-state index is 12.8. The summed E-state index contributed by atoms with van der Waals surface area (Å²) in [6.07, 6.45) is 5.00. The molecule has 26 heavy (non-hydrogen) atoms. The first-order valence-corrected chi connectivity index (χ1v) is 9.18. The number of hydrogen-bond acceptors (Lipinski definition) is 7. The van der Waals surface area contributed by atoms with Crippen molar-refractivity contribution in [3.8, 4) is 5.82 Å². The predicted molar refractivity (Wildman–Crippen MR) is 97.0 cm³/mol. The normalized spacial score (nSPS) is 14.5. The first-order valence-electron chi connectivity index (χ1n) is 7.95. The van der Waals surface area contributed by atoms with Crippen LogP contribution in [0, 0.1) is 0 Å². The zero-order valence-electron chi connectivity index (χ0n) is 14.0. The maximum absolute atomic E-state index is 12.8. The number of nitrogens with zero attached hydrogens (tertiary/aromatic N) is 6. The van der Waals surface area contributed by atoms with E-state index in [1.165, 1.54) is 33.4 Å². The number of aromatic nitrogens is 6. The summed E-state index contributed by atoms with van der Waals surface area (Å²) >= 11 is 1.38. The van der Waals surface area contributed by atoms with E-state index in [-0.39, 0.29) is 23.7 Å². The monoisotopic (exact) mass is 372 g/mol. The second kappa shape index (κ2) is 6.54.